The van der Waals surface area contributed by atoms with Gasteiger partial charge in [-0.15, -0.1) is 0 Å². The molecule has 8 heteroatoms. The first-order valence-corrected chi connectivity index (χ1v) is 9.97. The van der Waals surface area contributed by atoms with Gasteiger partial charge in [0.15, 0.2) is 0 Å². The van der Waals surface area contributed by atoms with Gasteiger partial charge in [-0.1, -0.05) is 12.1 Å². The number of amides is 1. The third kappa shape index (κ3) is 3.60. The number of aromatic nitrogens is 5. The topological polar surface area (TPSA) is 77.1 Å². The molecule has 0 spiro atoms. The molecule has 1 N–H and O–H groups in total. The minimum absolute atomic E-state index is 0.173. The van der Waals surface area contributed by atoms with E-state index in [1.54, 1.807) is 29.2 Å². The Bertz CT molecular complexity index is 1310. The van der Waals surface area contributed by atoms with Crippen LogP contribution in [-0.2, 0) is 0 Å². The summed E-state index contributed by atoms with van der Waals surface area (Å²) in [6.45, 7) is 0. The maximum absolute atomic E-state index is 12.6. The van der Waals surface area contributed by atoms with Crippen molar-refractivity contribution in [2.24, 2.45) is 0 Å². The quantitative estimate of drug-likeness (QED) is 0.426. The second kappa shape index (κ2) is 7.57. The maximum Gasteiger partial charge on any atom is 0.255 e. The molecule has 1 amide bonds. The van der Waals surface area contributed by atoms with Crippen LogP contribution in [0.25, 0.3) is 22.7 Å². The number of hydrogen-bond acceptors (Lipinski definition) is 4. The highest BCUT2D eigenvalue weighted by atomic mass is 79.9. The fourth-order valence-electron chi connectivity index (χ4n) is 3.10. The smallest absolute Gasteiger partial charge is 0.255 e. The Hall–Kier alpha value is -3.78. The lowest BCUT2D eigenvalue weighted by atomic mass is 10.1. The zero-order chi connectivity index (χ0) is 20.5. The van der Waals surface area contributed by atoms with Crippen LogP contribution in [0.1, 0.15) is 10.4 Å². The number of halogens is 1. The van der Waals surface area contributed by atoms with E-state index < -0.39 is 0 Å². The van der Waals surface area contributed by atoms with Gasteiger partial charge in [-0.25, -0.2) is 14.6 Å². The Morgan fingerprint density at radius 3 is 2.50 bits per heavy atom. The number of anilines is 1. The first-order chi connectivity index (χ1) is 14.7. The van der Waals surface area contributed by atoms with Crippen LogP contribution in [0.4, 0.5) is 5.69 Å². The monoisotopic (exact) mass is 458 g/mol. The lowest BCUT2D eigenvalue weighted by molar-refractivity contribution is 0.102. The molecule has 0 fully saturated rings. The molecule has 3 heterocycles. The van der Waals surface area contributed by atoms with E-state index in [1.165, 1.54) is 0 Å². The molecule has 0 aliphatic carbocycles. The highest BCUT2D eigenvalue weighted by Crippen LogP contribution is 2.21. The molecule has 5 rings (SSSR count). The van der Waals surface area contributed by atoms with Crippen molar-refractivity contribution in [3.05, 3.63) is 95.6 Å². The van der Waals surface area contributed by atoms with E-state index in [1.807, 2.05) is 65.5 Å². The minimum Gasteiger partial charge on any atom is -0.322 e. The van der Waals surface area contributed by atoms with Gasteiger partial charge >= 0.3 is 0 Å². The van der Waals surface area contributed by atoms with E-state index >= 15 is 0 Å². The van der Waals surface area contributed by atoms with Crippen molar-refractivity contribution < 1.29 is 4.79 Å². The maximum atomic E-state index is 12.6. The van der Waals surface area contributed by atoms with Crippen molar-refractivity contribution in [3.8, 4) is 16.9 Å². The van der Waals surface area contributed by atoms with Crippen LogP contribution in [0, 0.1) is 0 Å². The summed E-state index contributed by atoms with van der Waals surface area (Å²) in [6.07, 6.45) is 9.12. The van der Waals surface area contributed by atoms with Crippen LogP contribution in [0.15, 0.2) is 90.1 Å². The van der Waals surface area contributed by atoms with Crippen LogP contribution in [0.2, 0.25) is 0 Å². The van der Waals surface area contributed by atoms with E-state index in [2.05, 4.69) is 36.3 Å². The summed E-state index contributed by atoms with van der Waals surface area (Å²) in [6, 6.07) is 16.7. The van der Waals surface area contributed by atoms with Gasteiger partial charge in [0, 0.05) is 41.6 Å². The second-order valence-corrected chi connectivity index (χ2v) is 7.55. The number of rotatable bonds is 4. The lowest BCUT2D eigenvalue weighted by Crippen LogP contribution is -2.11. The molecule has 0 aliphatic rings. The second-order valence-electron chi connectivity index (χ2n) is 6.63. The molecule has 0 unspecified atom stereocenters. The van der Waals surface area contributed by atoms with Gasteiger partial charge in [0.05, 0.1) is 22.1 Å². The van der Waals surface area contributed by atoms with Gasteiger partial charge in [0.2, 0.25) is 5.78 Å². The summed E-state index contributed by atoms with van der Waals surface area (Å²) in [7, 11) is 0. The van der Waals surface area contributed by atoms with Gasteiger partial charge < -0.3 is 5.32 Å². The largest absolute Gasteiger partial charge is 0.322 e. The molecule has 0 saturated heterocycles. The van der Waals surface area contributed by atoms with Crippen molar-refractivity contribution in [1.29, 1.82) is 0 Å². The molecule has 2 aromatic carbocycles. The van der Waals surface area contributed by atoms with E-state index in [0.29, 0.717) is 17.0 Å². The van der Waals surface area contributed by atoms with E-state index in [-0.39, 0.29) is 5.91 Å². The molecular weight excluding hydrogens is 444 g/mol. The van der Waals surface area contributed by atoms with Crippen LogP contribution in [-0.4, -0.2) is 30.1 Å². The van der Waals surface area contributed by atoms with Gasteiger partial charge in [0.25, 0.3) is 5.91 Å². The molecular formula is C22H15BrN6O. The average molecular weight is 459 g/mol. The number of carbonyl (C=O) groups is 1. The minimum atomic E-state index is -0.173. The molecule has 0 bridgehead atoms. The van der Waals surface area contributed by atoms with Crippen molar-refractivity contribution in [2.75, 3.05) is 5.32 Å². The first-order valence-electron chi connectivity index (χ1n) is 9.18. The fourth-order valence-corrected chi connectivity index (χ4v) is 3.39. The van der Waals surface area contributed by atoms with Gasteiger partial charge in [0.1, 0.15) is 0 Å². The van der Waals surface area contributed by atoms with Crippen LogP contribution < -0.4 is 5.32 Å². The molecule has 146 valence electrons. The zero-order valence-electron chi connectivity index (χ0n) is 15.6. The Kier molecular flexibility index (Phi) is 4.61. The Labute approximate surface area is 180 Å². The van der Waals surface area contributed by atoms with Crippen LogP contribution >= 0.6 is 15.9 Å². The zero-order valence-corrected chi connectivity index (χ0v) is 17.2. The standard InChI is InChI=1S/C22H15BrN6O/c23-17-12-25-29(13-17)19-8-4-16(5-9-19)21(30)26-18-6-2-15(3-7-18)20-14-28-11-1-10-24-22(28)27-20/h1-14H,(H,26,30). The third-order valence-electron chi connectivity index (χ3n) is 4.62. The molecule has 0 aliphatic heterocycles. The third-order valence-corrected chi connectivity index (χ3v) is 5.03. The summed E-state index contributed by atoms with van der Waals surface area (Å²) >= 11 is 3.38. The number of carbonyl (C=O) groups excluding carboxylic acids is 1. The number of benzene rings is 2. The number of imidazole rings is 1. The SMILES string of the molecule is O=C(Nc1ccc(-c2cn3cccnc3n2)cc1)c1ccc(-n2cc(Br)cn2)cc1. The van der Waals surface area contributed by atoms with Crippen molar-refractivity contribution >= 4 is 33.3 Å². The highest BCUT2D eigenvalue weighted by Gasteiger charge is 2.09. The molecule has 30 heavy (non-hydrogen) atoms. The Morgan fingerprint density at radius 1 is 1.00 bits per heavy atom. The van der Waals surface area contributed by atoms with Gasteiger partial charge in [-0.3, -0.25) is 9.20 Å². The lowest BCUT2D eigenvalue weighted by Gasteiger charge is -2.07. The van der Waals surface area contributed by atoms with E-state index in [9.17, 15) is 4.79 Å². The molecule has 3 aromatic heterocycles. The normalized spacial score (nSPS) is 11.0. The molecule has 7 nitrogen and oxygen atoms in total. The fraction of sp³-hybridized carbons (Fsp3) is 0. The Morgan fingerprint density at radius 2 is 1.80 bits per heavy atom. The first kappa shape index (κ1) is 18.3. The average Bonchev–Trinajstić information content (AvgIpc) is 3.40. The summed E-state index contributed by atoms with van der Waals surface area (Å²) in [5.41, 5.74) is 3.94. The van der Waals surface area contributed by atoms with Crippen molar-refractivity contribution in [3.63, 3.8) is 0 Å². The Balaban J connectivity index is 1.30. The van der Waals surface area contributed by atoms with Crippen LogP contribution in [0.3, 0.4) is 0 Å². The van der Waals surface area contributed by atoms with Crippen LogP contribution in [0.5, 0.6) is 0 Å². The predicted molar refractivity (Wildman–Crippen MR) is 118 cm³/mol. The summed E-state index contributed by atoms with van der Waals surface area (Å²) in [4.78, 5) is 21.3. The van der Waals surface area contributed by atoms with Gasteiger partial charge in [-0.2, -0.15) is 5.10 Å². The summed E-state index contributed by atoms with van der Waals surface area (Å²) < 4.78 is 4.50. The van der Waals surface area contributed by atoms with Gasteiger partial charge in [-0.05, 0) is 58.4 Å². The molecule has 0 saturated carbocycles. The molecule has 5 aromatic rings. The van der Waals surface area contributed by atoms with Crippen molar-refractivity contribution in [2.45, 2.75) is 0 Å². The van der Waals surface area contributed by atoms with E-state index in [0.717, 1.165) is 21.4 Å². The van der Waals surface area contributed by atoms with E-state index in [4.69, 9.17) is 0 Å². The number of hydrogen-bond donors (Lipinski definition) is 1. The summed E-state index contributed by atoms with van der Waals surface area (Å²) in [5, 5.41) is 7.15. The number of nitrogens with one attached hydrogen (secondary N) is 1. The highest BCUT2D eigenvalue weighted by molar-refractivity contribution is 9.10. The predicted octanol–water partition coefficient (Wildman–Crippen LogP) is 4.60. The number of nitrogens with zero attached hydrogens (tertiary/aromatic N) is 5. The van der Waals surface area contributed by atoms with Crippen molar-refractivity contribution in [1.82, 2.24) is 24.1 Å². The number of fused-ring (bicyclic) bond motifs is 1. The molecule has 0 atom stereocenters. The molecule has 0 radical (unpaired) electrons. The summed E-state index contributed by atoms with van der Waals surface area (Å²) in [5.74, 6) is 0.476.